The summed E-state index contributed by atoms with van der Waals surface area (Å²) < 4.78 is 5.14. The van der Waals surface area contributed by atoms with E-state index >= 15 is 0 Å². The van der Waals surface area contributed by atoms with Gasteiger partial charge in [-0.3, -0.25) is 9.79 Å². The number of benzene rings is 1. The van der Waals surface area contributed by atoms with E-state index in [0.717, 1.165) is 0 Å². The first-order valence-electron chi connectivity index (χ1n) is 7.60. The van der Waals surface area contributed by atoms with Gasteiger partial charge in [-0.05, 0) is 24.3 Å². The maximum absolute atomic E-state index is 11.9. The third-order valence-electron chi connectivity index (χ3n) is 3.44. The molecule has 0 aliphatic heterocycles. The first kappa shape index (κ1) is 16.4. The number of carbonyl (C=O) groups is 1. The number of nitrogens with zero attached hydrogens (tertiary/aromatic N) is 2. The summed E-state index contributed by atoms with van der Waals surface area (Å²) in [7, 11) is 0. The first-order chi connectivity index (χ1) is 12.1. The predicted molar refractivity (Wildman–Crippen MR) is 94.1 cm³/mol. The van der Waals surface area contributed by atoms with Gasteiger partial charge in [-0.25, -0.2) is 9.78 Å². The minimum Gasteiger partial charge on any atom is -0.506 e. The number of aromatic nitrogens is 1. The fraction of sp³-hybridized carbons (Fsp3) is 0.111. The highest BCUT2D eigenvalue weighted by Crippen LogP contribution is 2.24. The molecule has 0 fully saturated rings. The molecule has 2 N–H and O–H groups in total. The summed E-state index contributed by atoms with van der Waals surface area (Å²) in [5.74, 6) is 0.0310. The first-order valence-corrected chi connectivity index (χ1v) is 7.60. The second-order valence-corrected chi connectivity index (χ2v) is 5.20. The number of amides is 1. The van der Waals surface area contributed by atoms with Crippen molar-refractivity contribution in [2.45, 2.75) is 6.42 Å². The largest absolute Gasteiger partial charge is 0.506 e. The van der Waals surface area contributed by atoms with E-state index in [4.69, 9.17) is 4.42 Å². The Bertz CT molecular complexity index is 981. The molecule has 3 aromatic rings. The second kappa shape index (κ2) is 7.39. The van der Waals surface area contributed by atoms with Crippen LogP contribution in [0.4, 0.5) is 5.82 Å². The quantitative estimate of drug-likeness (QED) is 0.549. The van der Waals surface area contributed by atoms with Gasteiger partial charge in [0.05, 0.1) is 5.39 Å². The zero-order chi connectivity index (χ0) is 17.6. The summed E-state index contributed by atoms with van der Waals surface area (Å²) in [6.07, 6.45) is 2.92. The molecule has 0 saturated heterocycles. The third kappa shape index (κ3) is 3.89. The number of fused-ring (bicyclic) bond motifs is 1. The van der Waals surface area contributed by atoms with E-state index in [-0.39, 0.29) is 30.2 Å². The molecular formula is C18H15N3O4. The Morgan fingerprint density at radius 1 is 1.24 bits per heavy atom. The number of aliphatic imine (C=N–C) groups is 1. The number of carbonyl (C=O) groups excluding carboxylic acids is 1. The van der Waals surface area contributed by atoms with Crippen LogP contribution >= 0.6 is 0 Å². The predicted octanol–water partition coefficient (Wildman–Crippen LogP) is 2.34. The topological polar surface area (TPSA) is 105 Å². The Morgan fingerprint density at radius 2 is 2.04 bits per heavy atom. The summed E-state index contributed by atoms with van der Waals surface area (Å²) in [4.78, 5) is 31.7. The summed E-state index contributed by atoms with van der Waals surface area (Å²) in [6, 6.07) is 11.9. The lowest BCUT2D eigenvalue weighted by atomic mass is 10.1. The number of para-hydroxylation sites is 1. The van der Waals surface area contributed by atoms with E-state index in [1.54, 1.807) is 48.7 Å². The lowest BCUT2D eigenvalue weighted by Gasteiger charge is -2.03. The van der Waals surface area contributed by atoms with Crippen molar-refractivity contribution in [3.05, 3.63) is 64.6 Å². The van der Waals surface area contributed by atoms with E-state index in [0.29, 0.717) is 16.8 Å². The van der Waals surface area contributed by atoms with Crippen molar-refractivity contribution in [3.8, 4) is 5.75 Å². The van der Waals surface area contributed by atoms with Crippen LogP contribution in [-0.2, 0) is 4.79 Å². The average Bonchev–Trinajstić information content (AvgIpc) is 2.62. The summed E-state index contributed by atoms with van der Waals surface area (Å²) in [5, 5.41) is 13.3. The molecule has 2 aromatic heterocycles. The molecule has 0 bridgehead atoms. The van der Waals surface area contributed by atoms with Gasteiger partial charge in [0.2, 0.25) is 5.91 Å². The van der Waals surface area contributed by atoms with E-state index < -0.39 is 5.63 Å². The van der Waals surface area contributed by atoms with Crippen LogP contribution in [0, 0.1) is 0 Å². The van der Waals surface area contributed by atoms with Gasteiger partial charge < -0.3 is 14.8 Å². The molecule has 3 rings (SSSR count). The van der Waals surface area contributed by atoms with Gasteiger partial charge in [-0.2, -0.15) is 0 Å². The number of pyridine rings is 1. The summed E-state index contributed by atoms with van der Waals surface area (Å²) >= 11 is 0. The van der Waals surface area contributed by atoms with Crippen LogP contribution in [0.3, 0.4) is 0 Å². The van der Waals surface area contributed by atoms with Gasteiger partial charge in [0.1, 0.15) is 22.7 Å². The van der Waals surface area contributed by atoms with E-state index in [9.17, 15) is 14.7 Å². The molecule has 0 aliphatic rings. The highest BCUT2D eigenvalue weighted by Gasteiger charge is 2.11. The monoisotopic (exact) mass is 337 g/mol. The summed E-state index contributed by atoms with van der Waals surface area (Å²) in [5.41, 5.74) is -0.418. The number of anilines is 1. The van der Waals surface area contributed by atoms with Crippen LogP contribution in [-0.4, -0.2) is 28.8 Å². The van der Waals surface area contributed by atoms with Gasteiger partial charge in [-0.15, -0.1) is 0 Å². The molecule has 0 unspecified atom stereocenters. The Kier molecular flexibility index (Phi) is 4.84. The van der Waals surface area contributed by atoms with Crippen molar-refractivity contribution in [1.82, 2.24) is 4.98 Å². The van der Waals surface area contributed by atoms with Crippen LogP contribution in [0.2, 0.25) is 0 Å². The number of hydrogen-bond acceptors (Lipinski definition) is 6. The molecule has 7 nitrogen and oxygen atoms in total. The van der Waals surface area contributed by atoms with Gasteiger partial charge >= 0.3 is 5.63 Å². The molecule has 2 heterocycles. The van der Waals surface area contributed by atoms with Crippen LogP contribution in [0.25, 0.3) is 11.0 Å². The standard InChI is InChI=1S/C18H15N3O4/c22-16(21-15-7-3-4-9-20-15)8-10-19-11-13-17(23)12-5-1-2-6-14(12)25-18(13)24/h1-7,9,11,23H,8,10H2,(H,20,21,22). The van der Waals surface area contributed by atoms with Gasteiger partial charge in [0, 0.05) is 25.4 Å². The van der Waals surface area contributed by atoms with Crippen molar-refractivity contribution in [2.24, 2.45) is 4.99 Å². The molecule has 0 atom stereocenters. The Morgan fingerprint density at radius 3 is 2.84 bits per heavy atom. The number of aromatic hydroxyl groups is 1. The average molecular weight is 337 g/mol. The van der Waals surface area contributed by atoms with Crippen LogP contribution in [0.15, 0.2) is 62.9 Å². The number of rotatable bonds is 5. The fourth-order valence-corrected chi connectivity index (χ4v) is 2.23. The van der Waals surface area contributed by atoms with Crippen molar-refractivity contribution in [2.75, 3.05) is 11.9 Å². The van der Waals surface area contributed by atoms with Crippen LogP contribution < -0.4 is 10.9 Å². The van der Waals surface area contributed by atoms with Gasteiger partial charge in [0.15, 0.2) is 0 Å². The minimum absolute atomic E-state index is 0.0381. The van der Waals surface area contributed by atoms with Crippen molar-refractivity contribution in [1.29, 1.82) is 0 Å². The lowest BCUT2D eigenvalue weighted by Crippen LogP contribution is -2.13. The summed E-state index contributed by atoms with van der Waals surface area (Å²) in [6.45, 7) is 0.157. The van der Waals surface area contributed by atoms with Crippen molar-refractivity contribution < 1.29 is 14.3 Å². The zero-order valence-electron chi connectivity index (χ0n) is 13.2. The second-order valence-electron chi connectivity index (χ2n) is 5.20. The molecule has 7 heteroatoms. The van der Waals surface area contributed by atoms with E-state index in [2.05, 4.69) is 15.3 Å². The number of nitrogens with one attached hydrogen (secondary N) is 1. The van der Waals surface area contributed by atoms with Crippen LogP contribution in [0.5, 0.6) is 5.75 Å². The molecule has 126 valence electrons. The Balaban J connectivity index is 1.65. The Labute approximate surface area is 142 Å². The maximum atomic E-state index is 11.9. The van der Waals surface area contributed by atoms with E-state index in [1.165, 1.54) is 6.21 Å². The maximum Gasteiger partial charge on any atom is 0.348 e. The third-order valence-corrected chi connectivity index (χ3v) is 3.44. The van der Waals surface area contributed by atoms with Gasteiger partial charge in [-0.1, -0.05) is 18.2 Å². The zero-order valence-corrected chi connectivity index (χ0v) is 13.2. The lowest BCUT2D eigenvalue weighted by molar-refractivity contribution is -0.116. The van der Waals surface area contributed by atoms with E-state index in [1.807, 2.05) is 0 Å². The van der Waals surface area contributed by atoms with Gasteiger partial charge in [0.25, 0.3) is 0 Å². The molecule has 1 aromatic carbocycles. The molecule has 25 heavy (non-hydrogen) atoms. The van der Waals surface area contributed by atoms with Crippen molar-refractivity contribution in [3.63, 3.8) is 0 Å². The smallest absolute Gasteiger partial charge is 0.348 e. The highest BCUT2D eigenvalue weighted by molar-refractivity contribution is 5.93. The molecule has 1 amide bonds. The highest BCUT2D eigenvalue weighted by atomic mass is 16.4. The molecule has 0 spiro atoms. The Hall–Kier alpha value is -3.48. The molecule has 0 aliphatic carbocycles. The minimum atomic E-state index is -0.683. The SMILES string of the molecule is O=C(CCN=Cc1c(O)c2ccccc2oc1=O)Nc1ccccn1. The fourth-order valence-electron chi connectivity index (χ4n) is 2.23. The van der Waals surface area contributed by atoms with Crippen LogP contribution in [0.1, 0.15) is 12.0 Å². The molecule has 0 saturated carbocycles. The van der Waals surface area contributed by atoms with Crippen molar-refractivity contribution >= 4 is 28.9 Å². The number of hydrogen-bond donors (Lipinski definition) is 2. The normalized spacial score (nSPS) is 11.0. The molecule has 0 radical (unpaired) electrons. The molecular weight excluding hydrogens is 322 g/mol.